The average Bonchev–Trinajstić information content (AvgIpc) is 3.24. The van der Waals surface area contributed by atoms with Crippen LogP contribution >= 0.6 is 0 Å². The second-order valence-corrected chi connectivity index (χ2v) is 5.13. The molecule has 0 fully saturated rings. The number of hydrogen-bond acceptors (Lipinski definition) is 1. The molecule has 1 aliphatic carbocycles. The minimum absolute atomic E-state index is 0.461. The Bertz CT molecular complexity index is 1890. The summed E-state index contributed by atoms with van der Waals surface area (Å²) >= 11 is 0. The molecule has 0 bridgehead atoms. The highest BCUT2D eigenvalue weighted by Gasteiger charge is 2.20. The van der Waals surface area contributed by atoms with Crippen LogP contribution in [-0.2, 0) is 6.37 Å². The molecule has 0 aromatic heterocycles. The van der Waals surface area contributed by atoms with Crippen molar-refractivity contribution < 1.29 is 26.0 Å². The standard InChI is InChI=1S/C25H19N/c1-3-10-21(11-4-1)26(22-12-5-2-6-13-22)23-15-16-25-20(18-23)17-19-9-7-8-14-24(19)25/h1-16,18H,17H2/i1D,2D,3D,4D,5D,6D,7D,8D,9D,10D,11D,12D,13D,14D,15D,16D,17D2,18D. The summed E-state index contributed by atoms with van der Waals surface area (Å²) in [5.74, 6) is 0. The summed E-state index contributed by atoms with van der Waals surface area (Å²) in [7, 11) is 0. The van der Waals surface area contributed by atoms with E-state index in [2.05, 4.69) is 0 Å². The van der Waals surface area contributed by atoms with Crippen LogP contribution in [0.15, 0.2) is 103 Å². The number of nitrogens with zero attached hydrogens (tertiary/aromatic N) is 1. The van der Waals surface area contributed by atoms with Crippen LogP contribution in [0.5, 0.6) is 0 Å². The van der Waals surface area contributed by atoms with Crippen LogP contribution in [-0.4, -0.2) is 0 Å². The van der Waals surface area contributed by atoms with Gasteiger partial charge in [-0.2, -0.15) is 0 Å². The van der Waals surface area contributed by atoms with Gasteiger partial charge < -0.3 is 4.90 Å². The highest BCUT2D eigenvalue weighted by atomic mass is 15.1. The molecule has 1 aliphatic rings. The summed E-state index contributed by atoms with van der Waals surface area (Å²) in [6.45, 7) is 0. The van der Waals surface area contributed by atoms with Crippen molar-refractivity contribution in [2.75, 3.05) is 4.90 Å². The molecule has 1 heteroatoms. The highest BCUT2D eigenvalue weighted by Crippen LogP contribution is 2.41. The van der Waals surface area contributed by atoms with Crippen LogP contribution in [0.25, 0.3) is 11.1 Å². The van der Waals surface area contributed by atoms with Gasteiger partial charge in [-0.15, -0.1) is 0 Å². The SMILES string of the molecule is [2H]c1c([2H])c([2H])c(N(c2c([2H])c([2H])c([2H])c([2H])c2[2H])c2c([2H])c([2H])c3c(c2[2H])C([2H])([2H])c2c([2H])c([2H])c([2H])c([2H])c2-3)c([2H])c1[2H]. The first-order chi connectivity index (χ1) is 20.7. The fraction of sp³-hybridized carbons (Fsp3) is 0.0400. The molecule has 0 heterocycles. The Balaban J connectivity index is 2.05. The summed E-state index contributed by atoms with van der Waals surface area (Å²) in [5, 5.41) is 0. The molecule has 0 saturated carbocycles. The van der Waals surface area contributed by atoms with Crippen molar-refractivity contribution in [3.05, 3.63) is 114 Å². The Hall–Kier alpha value is -3.32. The Morgan fingerprint density at radius 1 is 0.577 bits per heavy atom. The number of para-hydroxylation sites is 2. The Morgan fingerprint density at radius 3 is 1.85 bits per heavy atom. The van der Waals surface area contributed by atoms with E-state index >= 15 is 0 Å². The Kier molecular flexibility index (Phi) is 1.22. The van der Waals surface area contributed by atoms with Crippen LogP contribution in [0.2, 0.25) is 0 Å². The largest absolute Gasteiger partial charge is 0.310 e. The molecule has 0 saturated heterocycles. The van der Waals surface area contributed by atoms with Gasteiger partial charge in [0.1, 0.15) is 0 Å². The van der Waals surface area contributed by atoms with Crippen molar-refractivity contribution in [2.45, 2.75) is 6.37 Å². The third-order valence-electron chi connectivity index (χ3n) is 3.63. The van der Waals surface area contributed by atoms with Crippen molar-refractivity contribution in [1.29, 1.82) is 0 Å². The number of hydrogen-bond donors (Lipinski definition) is 0. The van der Waals surface area contributed by atoms with Crippen LogP contribution in [0.3, 0.4) is 0 Å². The quantitative estimate of drug-likeness (QED) is 0.395. The lowest BCUT2D eigenvalue weighted by molar-refractivity contribution is 1.23. The predicted octanol–water partition coefficient (Wildman–Crippen LogP) is 6.73. The smallest absolute Gasteiger partial charge is 0.0648 e. The van der Waals surface area contributed by atoms with Crippen LogP contribution < -0.4 is 4.90 Å². The molecule has 0 aliphatic heterocycles. The first kappa shape index (κ1) is 5.11. The number of benzene rings is 4. The molecule has 124 valence electrons. The van der Waals surface area contributed by atoms with Gasteiger partial charge in [0.2, 0.25) is 0 Å². The van der Waals surface area contributed by atoms with Gasteiger partial charge in [0.25, 0.3) is 0 Å². The van der Waals surface area contributed by atoms with Gasteiger partial charge in [-0.25, -0.2) is 0 Å². The summed E-state index contributed by atoms with van der Waals surface area (Å²) in [6, 6.07) is -15.2. The highest BCUT2D eigenvalue weighted by molar-refractivity contribution is 5.82. The molecule has 0 radical (unpaired) electrons. The summed E-state index contributed by atoms with van der Waals surface area (Å²) in [4.78, 5) is 0.484. The van der Waals surface area contributed by atoms with Crippen molar-refractivity contribution in [2.24, 2.45) is 0 Å². The number of rotatable bonds is 3. The zero-order valence-electron chi connectivity index (χ0n) is 31.9. The zero-order valence-corrected chi connectivity index (χ0v) is 12.9. The van der Waals surface area contributed by atoms with Crippen molar-refractivity contribution in [3.63, 3.8) is 0 Å². The molecule has 4 aromatic carbocycles. The fourth-order valence-electron chi connectivity index (χ4n) is 2.55. The summed E-state index contributed by atoms with van der Waals surface area (Å²) in [5.41, 5.74) is -4.91. The van der Waals surface area contributed by atoms with E-state index in [9.17, 15) is 0 Å². The maximum absolute atomic E-state index is 9.15. The number of anilines is 3. The third kappa shape index (κ3) is 2.49. The van der Waals surface area contributed by atoms with Crippen molar-refractivity contribution >= 4 is 17.1 Å². The van der Waals surface area contributed by atoms with Gasteiger partial charge in [0.05, 0.1) is 23.3 Å². The monoisotopic (exact) mass is 352 g/mol. The lowest BCUT2D eigenvalue weighted by atomic mass is 10.0. The van der Waals surface area contributed by atoms with Crippen LogP contribution in [0.1, 0.15) is 37.2 Å². The predicted molar refractivity (Wildman–Crippen MR) is 109 cm³/mol. The first-order valence-electron chi connectivity index (χ1n) is 16.9. The second-order valence-electron chi connectivity index (χ2n) is 5.13. The van der Waals surface area contributed by atoms with E-state index in [4.69, 9.17) is 26.0 Å². The molecule has 26 heavy (non-hydrogen) atoms. The molecular formula is C25H19N. The molecule has 0 N–H and O–H groups in total. The van der Waals surface area contributed by atoms with E-state index in [1.165, 1.54) is 0 Å². The van der Waals surface area contributed by atoms with Gasteiger partial charge in [0.15, 0.2) is 0 Å². The topological polar surface area (TPSA) is 3.24 Å². The van der Waals surface area contributed by atoms with Gasteiger partial charge in [-0.1, -0.05) is 66.5 Å². The minimum atomic E-state index is -2.90. The molecular weight excluding hydrogens is 314 g/mol. The number of fused-ring (bicyclic) bond motifs is 3. The molecule has 4 aromatic rings. The zero-order chi connectivity index (χ0) is 33.9. The maximum atomic E-state index is 9.15. The molecule has 5 rings (SSSR count). The third-order valence-corrected chi connectivity index (χ3v) is 3.63. The van der Waals surface area contributed by atoms with Gasteiger partial charge in [-0.3, -0.25) is 0 Å². The molecule has 0 amide bonds. The maximum Gasteiger partial charge on any atom is 0.0648 e. The first-order valence-corrected chi connectivity index (χ1v) is 7.42. The second kappa shape index (κ2) is 6.20. The van der Waals surface area contributed by atoms with Gasteiger partial charge in [-0.05, 0) is 64.9 Å². The normalized spacial score (nSPS) is 23.9. The lowest BCUT2D eigenvalue weighted by Gasteiger charge is -2.26. The van der Waals surface area contributed by atoms with E-state index < -0.39 is 148 Å². The van der Waals surface area contributed by atoms with E-state index in [0.717, 1.165) is 0 Å². The molecule has 0 atom stereocenters. The van der Waals surface area contributed by atoms with E-state index in [-0.39, 0.29) is 0 Å². The summed E-state index contributed by atoms with van der Waals surface area (Å²) < 4.78 is 161. The molecule has 0 unspecified atom stereocenters. The Morgan fingerprint density at radius 2 is 1.15 bits per heavy atom. The van der Waals surface area contributed by atoms with Crippen LogP contribution in [0, 0.1) is 0 Å². The van der Waals surface area contributed by atoms with Crippen molar-refractivity contribution in [3.8, 4) is 11.1 Å². The molecule has 0 spiro atoms. The lowest BCUT2D eigenvalue weighted by Crippen LogP contribution is -2.09. The molecule has 1 nitrogen and oxygen atoms in total. The van der Waals surface area contributed by atoms with Gasteiger partial charge in [0, 0.05) is 19.8 Å². The van der Waals surface area contributed by atoms with E-state index in [1.807, 2.05) is 0 Å². The van der Waals surface area contributed by atoms with Gasteiger partial charge >= 0.3 is 0 Å². The average molecular weight is 353 g/mol. The minimum Gasteiger partial charge on any atom is -0.310 e. The van der Waals surface area contributed by atoms with E-state index in [1.54, 1.807) is 0 Å². The van der Waals surface area contributed by atoms with E-state index in [0.29, 0.717) is 4.90 Å². The fourth-order valence-corrected chi connectivity index (χ4v) is 2.55. The summed E-state index contributed by atoms with van der Waals surface area (Å²) in [6.07, 6.45) is -2.90. The van der Waals surface area contributed by atoms with Crippen LogP contribution in [0.4, 0.5) is 17.1 Å². The Labute approximate surface area is 180 Å². The van der Waals surface area contributed by atoms with Crippen molar-refractivity contribution in [1.82, 2.24) is 0 Å².